The molecule has 0 saturated heterocycles. The van der Waals surface area contributed by atoms with E-state index in [0.717, 1.165) is 37.5 Å². The fourth-order valence-corrected chi connectivity index (χ4v) is 2.97. The standard InChI is InChI=1S/C12H26N2/c1-4-14(6-5-13)12-8-10(2)7-11(3)9-12/h10-12H,4-9,13H2,1-3H3. The topological polar surface area (TPSA) is 29.3 Å². The maximum absolute atomic E-state index is 5.64. The van der Waals surface area contributed by atoms with Crippen LogP contribution in [0.15, 0.2) is 0 Å². The molecule has 2 atom stereocenters. The highest BCUT2D eigenvalue weighted by Gasteiger charge is 2.27. The summed E-state index contributed by atoms with van der Waals surface area (Å²) >= 11 is 0. The van der Waals surface area contributed by atoms with Gasteiger partial charge in [-0.15, -0.1) is 0 Å². The minimum absolute atomic E-state index is 0.794. The van der Waals surface area contributed by atoms with E-state index in [4.69, 9.17) is 5.73 Å². The molecule has 0 aromatic heterocycles. The van der Waals surface area contributed by atoms with Crippen molar-refractivity contribution in [1.29, 1.82) is 0 Å². The molecule has 0 aliphatic heterocycles. The lowest BCUT2D eigenvalue weighted by atomic mass is 9.80. The molecule has 0 bridgehead atoms. The summed E-state index contributed by atoms with van der Waals surface area (Å²) in [5, 5.41) is 0. The summed E-state index contributed by atoms with van der Waals surface area (Å²) < 4.78 is 0. The molecule has 0 spiro atoms. The molecule has 0 aromatic rings. The van der Waals surface area contributed by atoms with Crippen molar-refractivity contribution in [1.82, 2.24) is 4.90 Å². The van der Waals surface area contributed by atoms with Gasteiger partial charge in [-0.3, -0.25) is 4.90 Å². The molecular weight excluding hydrogens is 172 g/mol. The van der Waals surface area contributed by atoms with Crippen molar-refractivity contribution < 1.29 is 0 Å². The van der Waals surface area contributed by atoms with Crippen LogP contribution in [0.2, 0.25) is 0 Å². The van der Waals surface area contributed by atoms with Crippen LogP contribution in [0.4, 0.5) is 0 Å². The van der Waals surface area contributed by atoms with Crippen LogP contribution in [-0.4, -0.2) is 30.6 Å². The van der Waals surface area contributed by atoms with Crippen LogP contribution in [0, 0.1) is 11.8 Å². The van der Waals surface area contributed by atoms with Gasteiger partial charge in [0.2, 0.25) is 0 Å². The van der Waals surface area contributed by atoms with Gasteiger partial charge in [-0.2, -0.15) is 0 Å². The number of rotatable bonds is 4. The van der Waals surface area contributed by atoms with E-state index in [2.05, 4.69) is 25.7 Å². The van der Waals surface area contributed by atoms with E-state index in [0.29, 0.717) is 0 Å². The number of nitrogens with zero attached hydrogens (tertiary/aromatic N) is 1. The fourth-order valence-electron chi connectivity index (χ4n) is 2.97. The maximum Gasteiger partial charge on any atom is 0.0107 e. The van der Waals surface area contributed by atoms with Gasteiger partial charge in [0, 0.05) is 19.1 Å². The number of hydrogen-bond acceptors (Lipinski definition) is 2. The molecule has 2 heteroatoms. The van der Waals surface area contributed by atoms with Gasteiger partial charge in [0.05, 0.1) is 0 Å². The SMILES string of the molecule is CCN(CCN)C1CC(C)CC(C)C1. The molecule has 1 saturated carbocycles. The van der Waals surface area contributed by atoms with Crippen molar-refractivity contribution in [3.63, 3.8) is 0 Å². The van der Waals surface area contributed by atoms with Gasteiger partial charge in [-0.05, 0) is 37.6 Å². The Morgan fingerprint density at radius 2 is 1.71 bits per heavy atom. The maximum atomic E-state index is 5.64. The minimum Gasteiger partial charge on any atom is -0.329 e. The average molecular weight is 198 g/mol. The zero-order chi connectivity index (χ0) is 10.6. The third-order valence-corrected chi connectivity index (χ3v) is 3.49. The van der Waals surface area contributed by atoms with Gasteiger partial charge < -0.3 is 5.73 Å². The van der Waals surface area contributed by atoms with Gasteiger partial charge >= 0.3 is 0 Å². The minimum atomic E-state index is 0.794. The summed E-state index contributed by atoms with van der Waals surface area (Å²) in [7, 11) is 0. The molecule has 1 aliphatic rings. The average Bonchev–Trinajstić information content (AvgIpc) is 2.12. The molecule has 2 unspecified atom stereocenters. The summed E-state index contributed by atoms with van der Waals surface area (Å²) in [6.45, 7) is 10.0. The summed E-state index contributed by atoms with van der Waals surface area (Å²) in [5.74, 6) is 1.80. The molecule has 2 nitrogen and oxygen atoms in total. The van der Waals surface area contributed by atoms with Crippen molar-refractivity contribution in [3.8, 4) is 0 Å². The van der Waals surface area contributed by atoms with Crippen LogP contribution >= 0.6 is 0 Å². The second-order valence-electron chi connectivity index (χ2n) is 4.99. The molecule has 0 radical (unpaired) electrons. The summed E-state index contributed by atoms with van der Waals surface area (Å²) in [4.78, 5) is 2.56. The largest absolute Gasteiger partial charge is 0.329 e. The second kappa shape index (κ2) is 5.72. The molecule has 14 heavy (non-hydrogen) atoms. The summed E-state index contributed by atoms with van der Waals surface area (Å²) in [6, 6.07) is 0.794. The van der Waals surface area contributed by atoms with Crippen LogP contribution in [0.5, 0.6) is 0 Å². The number of likely N-dealkylation sites (N-methyl/N-ethyl adjacent to an activating group) is 1. The van der Waals surface area contributed by atoms with Crippen LogP contribution in [-0.2, 0) is 0 Å². The highest BCUT2D eigenvalue weighted by molar-refractivity contribution is 4.81. The smallest absolute Gasteiger partial charge is 0.0107 e. The van der Waals surface area contributed by atoms with Crippen molar-refractivity contribution in [3.05, 3.63) is 0 Å². The lowest BCUT2D eigenvalue weighted by Gasteiger charge is -2.38. The van der Waals surface area contributed by atoms with Crippen molar-refractivity contribution in [2.45, 2.75) is 46.1 Å². The Labute approximate surface area is 88.8 Å². The Kier molecular flexibility index (Phi) is 4.90. The molecule has 84 valence electrons. The van der Waals surface area contributed by atoms with Crippen LogP contribution in [0.25, 0.3) is 0 Å². The van der Waals surface area contributed by atoms with E-state index in [-0.39, 0.29) is 0 Å². The zero-order valence-electron chi connectivity index (χ0n) is 10.00. The first-order valence-corrected chi connectivity index (χ1v) is 6.11. The van der Waals surface area contributed by atoms with E-state index in [1.54, 1.807) is 0 Å². The van der Waals surface area contributed by atoms with E-state index < -0.39 is 0 Å². The Hall–Kier alpha value is -0.0800. The van der Waals surface area contributed by atoms with Crippen LogP contribution < -0.4 is 5.73 Å². The zero-order valence-corrected chi connectivity index (χ0v) is 10.00. The van der Waals surface area contributed by atoms with E-state index >= 15 is 0 Å². The Bertz CT molecular complexity index is 148. The van der Waals surface area contributed by atoms with Crippen LogP contribution in [0.3, 0.4) is 0 Å². The first kappa shape index (κ1) is 12.0. The highest BCUT2D eigenvalue weighted by Crippen LogP contribution is 2.31. The molecule has 1 rings (SSSR count). The predicted molar refractivity (Wildman–Crippen MR) is 62.3 cm³/mol. The lowest BCUT2D eigenvalue weighted by molar-refractivity contribution is 0.117. The molecule has 2 N–H and O–H groups in total. The van der Waals surface area contributed by atoms with Gasteiger partial charge in [0.25, 0.3) is 0 Å². The van der Waals surface area contributed by atoms with Gasteiger partial charge in [0.15, 0.2) is 0 Å². The highest BCUT2D eigenvalue weighted by atomic mass is 15.2. The van der Waals surface area contributed by atoms with Gasteiger partial charge in [-0.1, -0.05) is 20.8 Å². The van der Waals surface area contributed by atoms with Crippen molar-refractivity contribution >= 4 is 0 Å². The van der Waals surface area contributed by atoms with Crippen molar-refractivity contribution in [2.24, 2.45) is 17.6 Å². The van der Waals surface area contributed by atoms with Gasteiger partial charge in [0.1, 0.15) is 0 Å². The molecular formula is C12H26N2. The van der Waals surface area contributed by atoms with Crippen LogP contribution in [0.1, 0.15) is 40.0 Å². The molecule has 1 aliphatic carbocycles. The fraction of sp³-hybridized carbons (Fsp3) is 1.00. The Morgan fingerprint density at radius 1 is 1.14 bits per heavy atom. The molecule has 0 aromatic carbocycles. The summed E-state index contributed by atoms with van der Waals surface area (Å²) in [5.41, 5.74) is 5.64. The van der Waals surface area contributed by atoms with Crippen molar-refractivity contribution in [2.75, 3.05) is 19.6 Å². The third-order valence-electron chi connectivity index (χ3n) is 3.49. The number of hydrogen-bond donors (Lipinski definition) is 1. The second-order valence-corrected chi connectivity index (χ2v) is 4.99. The monoisotopic (exact) mass is 198 g/mol. The lowest BCUT2D eigenvalue weighted by Crippen LogP contribution is -2.42. The van der Waals surface area contributed by atoms with E-state index in [1.165, 1.54) is 19.3 Å². The predicted octanol–water partition coefficient (Wildman–Crippen LogP) is 2.09. The Morgan fingerprint density at radius 3 is 2.14 bits per heavy atom. The number of nitrogens with two attached hydrogens (primary N) is 1. The molecule has 1 fully saturated rings. The molecule has 0 heterocycles. The Balaban J connectivity index is 2.47. The molecule has 0 amide bonds. The quantitative estimate of drug-likeness (QED) is 0.749. The first-order chi connectivity index (χ1) is 6.67. The third kappa shape index (κ3) is 3.25. The first-order valence-electron chi connectivity index (χ1n) is 6.11. The van der Waals surface area contributed by atoms with E-state index in [1.807, 2.05) is 0 Å². The van der Waals surface area contributed by atoms with E-state index in [9.17, 15) is 0 Å². The summed E-state index contributed by atoms with van der Waals surface area (Å²) in [6.07, 6.45) is 4.16. The van der Waals surface area contributed by atoms with Gasteiger partial charge in [-0.25, -0.2) is 0 Å². The normalized spacial score (nSPS) is 33.6.